The van der Waals surface area contributed by atoms with Crippen molar-refractivity contribution in [1.29, 1.82) is 0 Å². The normalized spacial score (nSPS) is 12.7. The van der Waals surface area contributed by atoms with E-state index < -0.39 is 11.3 Å². The van der Waals surface area contributed by atoms with E-state index in [1.807, 2.05) is 54.6 Å². The molecule has 2 aromatic carbocycles. The molecular weight excluding hydrogens is 518 g/mol. The number of nitrogens with zero attached hydrogens (tertiary/aromatic N) is 1. The van der Waals surface area contributed by atoms with Crippen molar-refractivity contribution in [2.45, 2.75) is 5.81 Å². The quantitative estimate of drug-likeness (QED) is 0.357. The lowest BCUT2D eigenvalue weighted by Gasteiger charge is -2.09. The lowest BCUT2D eigenvalue weighted by atomic mass is 10.3. The van der Waals surface area contributed by atoms with E-state index in [0.29, 0.717) is 0 Å². The largest absolute Gasteiger partial charge is 0.364 e. The fraction of sp³-hybridized carbons (Fsp3) is 0.0714. The highest BCUT2D eigenvalue weighted by atomic mass is 80.0. The number of thiazole rings is 1. The molecule has 0 saturated carbocycles. The molecule has 22 heavy (non-hydrogen) atoms. The summed E-state index contributed by atoms with van der Waals surface area (Å²) in [5.74, 6) is 0. The Balaban J connectivity index is 2.42. The van der Waals surface area contributed by atoms with Crippen LogP contribution in [-0.4, -0.2) is 9.89 Å². The van der Waals surface area contributed by atoms with Gasteiger partial charge in [-0.05, 0) is 65.2 Å². The molecule has 0 spiro atoms. The van der Waals surface area contributed by atoms with Gasteiger partial charge in [0.15, 0.2) is 0 Å². The van der Waals surface area contributed by atoms with E-state index in [2.05, 4.69) is 47.8 Å². The summed E-state index contributed by atoms with van der Waals surface area (Å²) in [4.78, 5) is 0. The van der Waals surface area contributed by atoms with Gasteiger partial charge in [0, 0.05) is 18.2 Å². The Hall–Kier alpha value is -0.280. The lowest BCUT2D eigenvalue weighted by Crippen LogP contribution is -2.37. The maximum Gasteiger partial charge on any atom is 0.364 e. The topological polar surface area (TPSA) is 38.0 Å². The van der Waals surface area contributed by atoms with Crippen LogP contribution in [0.1, 0.15) is 0 Å². The smallest absolute Gasteiger partial charge is 0.213 e. The van der Waals surface area contributed by atoms with Gasteiger partial charge in [0.05, 0.1) is 0 Å². The summed E-state index contributed by atoms with van der Waals surface area (Å²) in [5, 5.41) is 0. The number of rotatable bonds is 2. The molecule has 114 valence electrons. The average molecular weight is 527 g/mol. The van der Waals surface area contributed by atoms with Gasteiger partial charge < -0.3 is 0 Å². The zero-order chi connectivity index (χ0) is 16.0. The lowest BCUT2D eigenvalue weighted by molar-refractivity contribution is -0.602. The van der Waals surface area contributed by atoms with Crippen molar-refractivity contribution in [3.63, 3.8) is 0 Å². The Morgan fingerprint density at radius 2 is 1.50 bits per heavy atom. The minimum absolute atomic E-state index is 0.241. The maximum atomic E-state index is 12.9. The Kier molecular flexibility index (Phi) is 4.50. The van der Waals surface area contributed by atoms with Gasteiger partial charge in [-0.1, -0.05) is 30.3 Å². The summed E-state index contributed by atoms with van der Waals surface area (Å²) < 4.78 is 27.2. The van der Waals surface area contributed by atoms with Crippen LogP contribution in [0.15, 0.2) is 58.9 Å². The molecule has 0 aliphatic carbocycles. The molecule has 0 aliphatic heterocycles. The van der Waals surface area contributed by atoms with Crippen LogP contribution in [0.5, 0.6) is 0 Å². The van der Waals surface area contributed by atoms with Gasteiger partial charge in [0.1, 0.15) is 4.70 Å². The van der Waals surface area contributed by atoms with Crippen molar-refractivity contribution in [2.75, 3.05) is 0 Å². The molecule has 0 amide bonds. The van der Waals surface area contributed by atoms with Gasteiger partial charge in [0.2, 0.25) is 12.7 Å². The van der Waals surface area contributed by atoms with Gasteiger partial charge in [-0.25, -0.2) is 8.42 Å². The van der Waals surface area contributed by atoms with Crippen molar-refractivity contribution < 1.29 is 13.0 Å². The van der Waals surface area contributed by atoms with Crippen LogP contribution >= 0.6 is 59.1 Å². The molecule has 1 heterocycles. The molecule has 0 atom stereocenters. The van der Waals surface area contributed by atoms with Crippen molar-refractivity contribution in [2.24, 2.45) is 0 Å². The number of benzene rings is 2. The van der Waals surface area contributed by atoms with Crippen LogP contribution in [-0.2, 0) is 9.84 Å². The first-order valence-electron chi connectivity index (χ1n) is 6.13. The summed E-state index contributed by atoms with van der Waals surface area (Å²) in [6.45, 7) is 0. The van der Waals surface area contributed by atoms with Gasteiger partial charge in [-0.15, -0.1) is 4.57 Å². The average Bonchev–Trinajstić information content (AvgIpc) is 2.87. The third kappa shape index (κ3) is 2.80. The second kappa shape index (κ2) is 5.98. The molecule has 3 nitrogen and oxygen atoms in total. The first kappa shape index (κ1) is 16.6. The Bertz CT molecular complexity index is 932. The van der Waals surface area contributed by atoms with Gasteiger partial charge >= 0.3 is 4.34 Å². The molecule has 0 N–H and O–H groups in total. The number of sulfone groups is 1. The van der Waals surface area contributed by atoms with Crippen LogP contribution in [0.4, 0.5) is 0 Å². The van der Waals surface area contributed by atoms with Gasteiger partial charge in [-0.3, -0.25) is 0 Å². The number of hydrogen-bond acceptors (Lipinski definition) is 3. The second-order valence-corrected chi connectivity index (χ2v) is 16.1. The van der Waals surface area contributed by atoms with Crippen LogP contribution in [0, 0.1) is 0 Å². The van der Waals surface area contributed by atoms with E-state index in [1.165, 1.54) is 11.3 Å². The third-order valence-electron chi connectivity index (χ3n) is 3.03. The van der Waals surface area contributed by atoms with E-state index in [0.717, 1.165) is 15.9 Å². The molecule has 3 rings (SSSR count). The Morgan fingerprint density at radius 1 is 0.909 bits per heavy atom. The Labute approximate surface area is 157 Å². The van der Waals surface area contributed by atoms with E-state index >= 15 is 0 Å². The number of halogens is 3. The summed E-state index contributed by atoms with van der Waals surface area (Å²) in [6, 6.07) is 17.1. The fourth-order valence-electron chi connectivity index (χ4n) is 2.06. The number of para-hydroxylation sites is 2. The maximum absolute atomic E-state index is 12.9. The number of alkyl halides is 3. The number of aromatic nitrogens is 1. The van der Waals surface area contributed by atoms with Crippen LogP contribution in [0.3, 0.4) is 0 Å². The minimum Gasteiger partial charge on any atom is -0.213 e. The van der Waals surface area contributed by atoms with Crippen molar-refractivity contribution in [3.8, 4) is 5.69 Å². The van der Waals surface area contributed by atoms with Gasteiger partial charge in [-0.2, -0.15) is 0 Å². The highest BCUT2D eigenvalue weighted by Crippen LogP contribution is 2.44. The first-order chi connectivity index (χ1) is 10.3. The highest BCUT2D eigenvalue weighted by molar-refractivity contribution is 9.42. The van der Waals surface area contributed by atoms with E-state index in [1.54, 1.807) is 4.57 Å². The van der Waals surface area contributed by atoms with E-state index in [-0.39, 0.29) is 4.34 Å². The fourth-order valence-corrected chi connectivity index (χ4v) is 7.03. The molecule has 0 saturated heterocycles. The number of hydrogen-bond donors (Lipinski definition) is 0. The monoisotopic (exact) mass is 524 g/mol. The zero-order valence-corrected chi connectivity index (χ0v) is 17.3. The van der Waals surface area contributed by atoms with Gasteiger partial charge in [0.25, 0.3) is 9.84 Å². The van der Waals surface area contributed by atoms with E-state index in [4.69, 9.17) is 0 Å². The first-order valence-corrected chi connectivity index (χ1v) is 10.8. The molecule has 8 heteroatoms. The van der Waals surface area contributed by atoms with Crippen LogP contribution < -0.4 is 4.57 Å². The summed E-state index contributed by atoms with van der Waals surface area (Å²) in [6.07, 6.45) is 0. The molecular formula is C14H9Br3NO2S2+. The molecule has 3 aromatic rings. The summed E-state index contributed by atoms with van der Waals surface area (Å²) in [7, 11) is -3.69. The minimum atomic E-state index is -3.69. The summed E-state index contributed by atoms with van der Waals surface area (Å²) in [5.41, 5.74) is 1.66. The van der Waals surface area contributed by atoms with Crippen molar-refractivity contribution in [3.05, 3.63) is 54.6 Å². The molecule has 0 unspecified atom stereocenters. The van der Waals surface area contributed by atoms with Crippen molar-refractivity contribution in [1.82, 2.24) is 0 Å². The molecule has 0 radical (unpaired) electrons. The Morgan fingerprint density at radius 3 is 2.14 bits per heavy atom. The van der Waals surface area contributed by atoms with Crippen molar-refractivity contribution >= 4 is 79.2 Å². The number of fused-ring (bicyclic) bond motifs is 1. The highest BCUT2D eigenvalue weighted by Gasteiger charge is 2.46. The van der Waals surface area contributed by atoms with Crippen LogP contribution in [0.25, 0.3) is 15.9 Å². The third-order valence-corrected chi connectivity index (χ3v) is 9.95. The predicted octanol–water partition coefficient (Wildman–Crippen LogP) is 4.75. The zero-order valence-electron chi connectivity index (χ0n) is 10.9. The molecule has 0 bridgehead atoms. The molecule has 0 aliphatic rings. The molecule has 1 aromatic heterocycles. The molecule has 0 fully saturated rings. The van der Waals surface area contributed by atoms with E-state index in [9.17, 15) is 8.42 Å². The SMILES string of the molecule is O=S(=O)(c1sc2ccccc2[n+]1-c1ccccc1)C(Br)(Br)Br. The standard InChI is InChI=1S/C14H9Br3NO2S2/c15-14(16,17)22(19,20)13-18(10-6-2-1-3-7-10)11-8-4-5-9-12(11)21-13/h1-9H/q+1. The van der Waals surface area contributed by atoms with Crippen LogP contribution in [0.2, 0.25) is 0 Å². The second-order valence-electron chi connectivity index (χ2n) is 4.46. The predicted molar refractivity (Wildman–Crippen MR) is 100 cm³/mol. The summed E-state index contributed by atoms with van der Waals surface area (Å²) >= 11 is 10.7.